The fourth-order valence-corrected chi connectivity index (χ4v) is 3.85. The molecule has 0 spiro atoms. The van der Waals surface area contributed by atoms with Crippen molar-refractivity contribution in [2.45, 2.75) is 78.9 Å². The van der Waals surface area contributed by atoms with Gasteiger partial charge in [-0.25, -0.2) is 14.4 Å². The smallest absolute Gasteiger partial charge is 0.408 e. The molecule has 1 aliphatic rings. The number of benzene rings is 1. The first-order valence-electron chi connectivity index (χ1n) is 10.8. The third-order valence-electron chi connectivity index (χ3n) is 5.23. The summed E-state index contributed by atoms with van der Waals surface area (Å²) in [5.41, 5.74) is 1.76. The third kappa shape index (κ3) is 5.27. The Hall–Kier alpha value is -2.83. The standard InChI is InChI=1S/C24H31NO6/c1-13(2)20(25-23(28)31-24(4,5)6)22(27)30-18-12-14(3)11-17-19(18)15-9-7-8-10-16(15)21(26)29-17/h11-13,20H,7-10H2,1-6H3,(H,25,28)/t20-/m0/s1. The van der Waals surface area contributed by atoms with Gasteiger partial charge in [-0.05, 0) is 82.6 Å². The molecular formula is C24H31NO6. The molecule has 0 radical (unpaired) electrons. The van der Waals surface area contributed by atoms with Crippen molar-refractivity contribution >= 4 is 23.0 Å². The molecule has 2 aromatic rings. The Bertz CT molecular complexity index is 1060. The number of hydrogen-bond acceptors (Lipinski definition) is 6. The van der Waals surface area contributed by atoms with Crippen LogP contribution in [0.4, 0.5) is 4.79 Å². The summed E-state index contributed by atoms with van der Waals surface area (Å²) in [7, 11) is 0. The van der Waals surface area contributed by atoms with E-state index in [1.807, 2.05) is 20.8 Å². The summed E-state index contributed by atoms with van der Waals surface area (Å²) in [6.07, 6.45) is 2.60. The van der Waals surface area contributed by atoms with Gasteiger partial charge >= 0.3 is 17.7 Å². The molecule has 3 rings (SSSR count). The van der Waals surface area contributed by atoms with Crippen LogP contribution in [0.5, 0.6) is 5.75 Å². The van der Waals surface area contributed by atoms with Crippen molar-refractivity contribution in [2.24, 2.45) is 5.92 Å². The van der Waals surface area contributed by atoms with Gasteiger partial charge in [0.15, 0.2) is 0 Å². The Morgan fingerprint density at radius 3 is 2.35 bits per heavy atom. The molecule has 1 aromatic carbocycles. The second-order valence-electron chi connectivity index (χ2n) is 9.48. The number of ether oxygens (including phenoxy) is 2. The van der Waals surface area contributed by atoms with Crippen LogP contribution in [-0.4, -0.2) is 23.7 Å². The lowest BCUT2D eigenvalue weighted by Crippen LogP contribution is -2.48. The van der Waals surface area contributed by atoms with Gasteiger partial charge in [0.05, 0.1) is 5.39 Å². The summed E-state index contributed by atoms with van der Waals surface area (Å²) in [5.74, 6) is -0.468. The molecule has 0 fully saturated rings. The normalized spacial score (nSPS) is 14.8. The van der Waals surface area contributed by atoms with E-state index in [2.05, 4.69) is 5.32 Å². The SMILES string of the molecule is Cc1cc(OC(=O)[C@@H](NC(=O)OC(C)(C)C)C(C)C)c2c3c(c(=O)oc2c1)CCCC3. The van der Waals surface area contributed by atoms with Crippen molar-refractivity contribution in [3.8, 4) is 5.75 Å². The highest BCUT2D eigenvalue weighted by Gasteiger charge is 2.30. The molecule has 7 nitrogen and oxygen atoms in total. The number of carbonyl (C=O) groups excluding carboxylic acids is 2. The van der Waals surface area contributed by atoms with E-state index in [4.69, 9.17) is 13.9 Å². The molecule has 1 heterocycles. The highest BCUT2D eigenvalue weighted by molar-refractivity contribution is 5.92. The van der Waals surface area contributed by atoms with Crippen LogP contribution in [0.2, 0.25) is 0 Å². The van der Waals surface area contributed by atoms with Gasteiger partial charge in [0.1, 0.15) is 23.0 Å². The predicted molar refractivity (Wildman–Crippen MR) is 117 cm³/mol. The monoisotopic (exact) mass is 429 g/mol. The second-order valence-corrected chi connectivity index (χ2v) is 9.48. The van der Waals surface area contributed by atoms with E-state index < -0.39 is 23.7 Å². The lowest BCUT2D eigenvalue weighted by atomic mass is 9.90. The Kier molecular flexibility index (Phi) is 6.43. The van der Waals surface area contributed by atoms with Gasteiger partial charge in [-0.1, -0.05) is 13.8 Å². The number of hydrogen-bond donors (Lipinski definition) is 1. The zero-order valence-electron chi connectivity index (χ0n) is 19.1. The van der Waals surface area contributed by atoms with Crippen LogP contribution in [0.15, 0.2) is 21.3 Å². The quantitative estimate of drug-likeness (QED) is 0.439. The number of amides is 1. The van der Waals surface area contributed by atoms with E-state index >= 15 is 0 Å². The molecule has 1 aliphatic carbocycles. The van der Waals surface area contributed by atoms with E-state index in [0.29, 0.717) is 28.7 Å². The molecule has 168 valence electrons. The van der Waals surface area contributed by atoms with Gasteiger partial charge in [0, 0.05) is 5.56 Å². The summed E-state index contributed by atoms with van der Waals surface area (Å²) in [6, 6.07) is 2.65. The van der Waals surface area contributed by atoms with Gasteiger partial charge in [0.25, 0.3) is 0 Å². The number of rotatable bonds is 4. The zero-order chi connectivity index (χ0) is 22.9. The number of aryl methyl sites for hydroxylation is 2. The maximum absolute atomic E-state index is 13.1. The number of alkyl carbamates (subject to hydrolysis) is 1. The number of esters is 1. The van der Waals surface area contributed by atoms with E-state index in [1.54, 1.807) is 32.9 Å². The summed E-state index contributed by atoms with van der Waals surface area (Å²) < 4.78 is 16.6. The Labute approximate surface area is 182 Å². The van der Waals surface area contributed by atoms with Gasteiger partial charge in [0.2, 0.25) is 0 Å². The Morgan fingerprint density at radius 1 is 1.10 bits per heavy atom. The topological polar surface area (TPSA) is 94.8 Å². The molecular weight excluding hydrogens is 398 g/mol. The number of carbonyl (C=O) groups is 2. The Balaban J connectivity index is 1.96. The van der Waals surface area contributed by atoms with Gasteiger partial charge in [-0.2, -0.15) is 0 Å². The van der Waals surface area contributed by atoms with E-state index in [-0.39, 0.29) is 11.5 Å². The highest BCUT2D eigenvalue weighted by atomic mass is 16.6. The van der Waals surface area contributed by atoms with E-state index in [1.165, 1.54) is 0 Å². The Morgan fingerprint density at radius 2 is 1.74 bits per heavy atom. The number of fused-ring (bicyclic) bond motifs is 3. The van der Waals surface area contributed by atoms with Crippen molar-refractivity contribution in [1.29, 1.82) is 0 Å². The van der Waals surface area contributed by atoms with Crippen molar-refractivity contribution in [3.63, 3.8) is 0 Å². The first-order chi connectivity index (χ1) is 14.5. The maximum Gasteiger partial charge on any atom is 0.408 e. The summed E-state index contributed by atoms with van der Waals surface area (Å²) >= 11 is 0. The van der Waals surface area contributed by atoms with Crippen LogP contribution in [0.1, 0.15) is 64.2 Å². The zero-order valence-corrected chi connectivity index (χ0v) is 19.1. The minimum atomic E-state index is -0.892. The molecule has 1 N–H and O–H groups in total. The molecule has 31 heavy (non-hydrogen) atoms. The van der Waals surface area contributed by atoms with Crippen LogP contribution in [0.25, 0.3) is 11.0 Å². The average Bonchev–Trinajstić information content (AvgIpc) is 2.64. The molecule has 0 saturated heterocycles. The lowest BCUT2D eigenvalue weighted by Gasteiger charge is -2.25. The second kappa shape index (κ2) is 8.73. The van der Waals surface area contributed by atoms with Gasteiger partial charge in [-0.15, -0.1) is 0 Å². The van der Waals surface area contributed by atoms with E-state index in [0.717, 1.165) is 30.4 Å². The lowest BCUT2D eigenvalue weighted by molar-refractivity contribution is -0.137. The van der Waals surface area contributed by atoms with Crippen molar-refractivity contribution in [3.05, 3.63) is 39.2 Å². The van der Waals surface area contributed by atoms with Gasteiger partial charge in [-0.3, -0.25) is 0 Å². The van der Waals surface area contributed by atoms with Crippen LogP contribution in [0, 0.1) is 12.8 Å². The first kappa shape index (κ1) is 22.8. The molecule has 1 amide bonds. The van der Waals surface area contributed by atoms with Crippen LogP contribution < -0.4 is 15.7 Å². The molecule has 1 aromatic heterocycles. The summed E-state index contributed by atoms with van der Waals surface area (Å²) in [5, 5.41) is 3.28. The van der Waals surface area contributed by atoms with Crippen molar-refractivity contribution < 1.29 is 23.5 Å². The first-order valence-corrected chi connectivity index (χ1v) is 10.8. The maximum atomic E-state index is 13.1. The fourth-order valence-electron chi connectivity index (χ4n) is 3.85. The number of nitrogens with one attached hydrogen (secondary N) is 1. The highest BCUT2D eigenvalue weighted by Crippen LogP contribution is 2.35. The van der Waals surface area contributed by atoms with Gasteiger partial charge < -0.3 is 19.2 Å². The van der Waals surface area contributed by atoms with Crippen molar-refractivity contribution in [2.75, 3.05) is 0 Å². The molecule has 0 bridgehead atoms. The molecule has 0 unspecified atom stereocenters. The fraction of sp³-hybridized carbons (Fsp3) is 0.542. The minimum absolute atomic E-state index is 0.220. The minimum Gasteiger partial charge on any atom is -0.444 e. The predicted octanol–water partition coefficient (Wildman–Crippen LogP) is 4.43. The molecule has 1 atom stereocenters. The third-order valence-corrected chi connectivity index (χ3v) is 5.23. The van der Waals surface area contributed by atoms with Crippen LogP contribution in [-0.2, 0) is 22.4 Å². The van der Waals surface area contributed by atoms with Crippen LogP contribution in [0.3, 0.4) is 0 Å². The van der Waals surface area contributed by atoms with E-state index in [9.17, 15) is 14.4 Å². The largest absolute Gasteiger partial charge is 0.444 e. The molecule has 7 heteroatoms. The molecule has 0 saturated carbocycles. The van der Waals surface area contributed by atoms with Crippen molar-refractivity contribution in [1.82, 2.24) is 5.32 Å². The molecule has 0 aliphatic heterocycles. The average molecular weight is 430 g/mol. The van der Waals surface area contributed by atoms with Crippen LogP contribution >= 0.6 is 0 Å². The summed E-state index contributed by atoms with van der Waals surface area (Å²) in [6.45, 7) is 10.7. The summed E-state index contributed by atoms with van der Waals surface area (Å²) in [4.78, 5) is 37.7.